The standard InChI is InChI=1S/C21H24F3N7O.ClH/c1-14-13-17(28-29(14)2)20(32)26-7-8-30-9-11-31(12-10-30)19-15-3-4-18(21(22,23)24)27-16(15)5-6-25-19;/h3-6,13H,7-12H2,1-2H3,(H,26,32);1H. The van der Waals surface area contributed by atoms with E-state index in [1.807, 2.05) is 6.92 Å². The third-order valence-corrected chi connectivity index (χ3v) is 5.62. The number of carbonyl (C=O) groups excluding carboxylic acids is 1. The Morgan fingerprint density at radius 3 is 2.52 bits per heavy atom. The lowest BCUT2D eigenvalue weighted by molar-refractivity contribution is -0.140. The van der Waals surface area contributed by atoms with Crippen molar-refractivity contribution in [1.29, 1.82) is 0 Å². The van der Waals surface area contributed by atoms with Gasteiger partial charge in [-0.2, -0.15) is 18.3 Å². The molecular formula is C21H25ClF3N7O. The molecule has 33 heavy (non-hydrogen) atoms. The molecule has 0 atom stereocenters. The summed E-state index contributed by atoms with van der Waals surface area (Å²) in [7, 11) is 1.79. The van der Waals surface area contributed by atoms with E-state index in [2.05, 4.69) is 30.2 Å². The van der Waals surface area contributed by atoms with Crippen LogP contribution in [0, 0.1) is 6.92 Å². The molecule has 1 saturated heterocycles. The zero-order valence-corrected chi connectivity index (χ0v) is 19.1. The minimum atomic E-state index is -4.48. The van der Waals surface area contributed by atoms with Gasteiger partial charge in [-0.1, -0.05) is 0 Å². The molecule has 0 aromatic carbocycles. The molecule has 1 N–H and O–H groups in total. The summed E-state index contributed by atoms with van der Waals surface area (Å²) in [4.78, 5) is 24.6. The van der Waals surface area contributed by atoms with Crippen LogP contribution < -0.4 is 10.2 Å². The van der Waals surface area contributed by atoms with Gasteiger partial charge in [0, 0.05) is 63.6 Å². The van der Waals surface area contributed by atoms with E-state index >= 15 is 0 Å². The number of nitrogens with zero attached hydrogens (tertiary/aromatic N) is 6. The number of carbonyl (C=O) groups is 1. The van der Waals surface area contributed by atoms with Crippen LogP contribution in [0.2, 0.25) is 0 Å². The van der Waals surface area contributed by atoms with Crippen molar-refractivity contribution in [3.63, 3.8) is 0 Å². The average molecular weight is 484 g/mol. The predicted molar refractivity (Wildman–Crippen MR) is 121 cm³/mol. The van der Waals surface area contributed by atoms with Gasteiger partial charge in [0.2, 0.25) is 0 Å². The predicted octanol–water partition coefficient (Wildman–Crippen LogP) is 2.66. The molecule has 0 aliphatic carbocycles. The average Bonchev–Trinajstić information content (AvgIpc) is 3.11. The van der Waals surface area contributed by atoms with E-state index in [1.165, 1.54) is 18.3 Å². The van der Waals surface area contributed by atoms with Crippen LogP contribution in [0.25, 0.3) is 10.9 Å². The SMILES string of the molecule is Cc1cc(C(=O)NCCN2CCN(c3nccc4nc(C(F)(F)F)ccc34)CC2)nn1C.Cl. The first kappa shape index (κ1) is 24.7. The van der Waals surface area contributed by atoms with Crippen LogP contribution in [-0.2, 0) is 13.2 Å². The number of aryl methyl sites for hydroxylation is 2. The summed E-state index contributed by atoms with van der Waals surface area (Å²) in [5.41, 5.74) is 0.687. The smallest absolute Gasteiger partial charge is 0.353 e. The van der Waals surface area contributed by atoms with Crippen LogP contribution in [0.15, 0.2) is 30.5 Å². The molecule has 0 unspecified atom stereocenters. The van der Waals surface area contributed by atoms with Gasteiger partial charge in [0.05, 0.1) is 5.52 Å². The van der Waals surface area contributed by atoms with Crippen LogP contribution in [0.1, 0.15) is 21.9 Å². The van der Waals surface area contributed by atoms with Gasteiger partial charge in [-0.15, -0.1) is 12.4 Å². The molecule has 3 aromatic heterocycles. The number of pyridine rings is 2. The molecule has 0 spiro atoms. The van der Waals surface area contributed by atoms with Crippen LogP contribution in [-0.4, -0.2) is 69.8 Å². The highest BCUT2D eigenvalue weighted by Crippen LogP contribution is 2.31. The lowest BCUT2D eigenvalue weighted by atomic mass is 10.2. The minimum absolute atomic E-state index is 0. The number of aromatic nitrogens is 4. The number of halogens is 4. The molecule has 4 rings (SSSR count). The number of rotatable bonds is 5. The molecule has 8 nitrogen and oxygen atoms in total. The lowest BCUT2D eigenvalue weighted by Gasteiger charge is -2.35. The fraction of sp³-hybridized carbons (Fsp3) is 0.429. The maximum absolute atomic E-state index is 13.0. The molecule has 0 saturated carbocycles. The molecule has 1 fully saturated rings. The molecule has 12 heteroatoms. The summed E-state index contributed by atoms with van der Waals surface area (Å²) in [6.07, 6.45) is -2.99. The Hall–Kier alpha value is -2.92. The van der Waals surface area contributed by atoms with E-state index in [4.69, 9.17) is 0 Å². The second kappa shape index (κ2) is 9.92. The van der Waals surface area contributed by atoms with E-state index < -0.39 is 11.9 Å². The quantitative estimate of drug-likeness (QED) is 0.601. The van der Waals surface area contributed by atoms with Gasteiger partial charge in [0.15, 0.2) is 0 Å². The first-order chi connectivity index (χ1) is 15.2. The van der Waals surface area contributed by atoms with Crippen molar-refractivity contribution in [2.24, 2.45) is 7.05 Å². The molecular weight excluding hydrogens is 459 g/mol. The maximum Gasteiger partial charge on any atom is 0.433 e. The fourth-order valence-electron chi connectivity index (χ4n) is 3.72. The van der Waals surface area contributed by atoms with Gasteiger partial charge in [0.1, 0.15) is 17.2 Å². The summed E-state index contributed by atoms with van der Waals surface area (Å²) in [6, 6.07) is 5.68. The summed E-state index contributed by atoms with van der Waals surface area (Å²) in [5.74, 6) is 0.445. The minimum Gasteiger partial charge on any atom is -0.353 e. The Balaban J connectivity index is 0.00000306. The zero-order chi connectivity index (χ0) is 22.9. The highest BCUT2D eigenvalue weighted by molar-refractivity contribution is 5.92. The Labute approximate surface area is 195 Å². The molecule has 1 amide bonds. The Bertz CT molecular complexity index is 1110. The molecule has 0 bridgehead atoms. The number of hydrogen-bond donors (Lipinski definition) is 1. The van der Waals surface area contributed by atoms with Crippen molar-refractivity contribution in [2.75, 3.05) is 44.2 Å². The molecule has 3 aromatic rings. The summed E-state index contributed by atoms with van der Waals surface area (Å²) >= 11 is 0. The second-order valence-electron chi connectivity index (χ2n) is 7.77. The van der Waals surface area contributed by atoms with E-state index in [0.29, 0.717) is 43.1 Å². The highest BCUT2D eigenvalue weighted by atomic mass is 35.5. The molecule has 4 heterocycles. The number of piperazine rings is 1. The van der Waals surface area contributed by atoms with Gasteiger partial charge in [-0.25, -0.2) is 9.97 Å². The monoisotopic (exact) mass is 483 g/mol. The van der Waals surface area contributed by atoms with Crippen molar-refractivity contribution < 1.29 is 18.0 Å². The van der Waals surface area contributed by atoms with E-state index in [0.717, 1.165) is 24.8 Å². The molecule has 1 aliphatic heterocycles. The zero-order valence-electron chi connectivity index (χ0n) is 18.3. The number of nitrogens with one attached hydrogen (secondary N) is 1. The first-order valence-electron chi connectivity index (χ1n) is 10.3. The van der Waals surface area contributed by atoms with Crippen LogP contribution in [0.5, 0.6) is 0 Å². The van der Waals surface area contributed by atoms with E-state index in [1.54, 1.807) is 17.8 Å². The van der Waals surface area contributed by atoms with Gasteiger partial charge in [0.25, 0.3) is 5.91 Å². The molecule has 0 radical (unpaired) electrons. The number of hydrogen-bond acceptors (Lipinski definition) is 6. The number of anilines is 1. The third-order valence-electron chi connectivity index (χ3n) is 5.62. The van der Waals surface area contributed by atoms with Crippen LogP contribution in [0.4, 0.5) is 19.0 Å². The van der Waals surface area contributed by atoms with E-state index in [9.17, 15) is 18.0 Å². The Kier molecular flexibility index (Phi) is 7.43. The van der Waals surface area contributed by atoms with Crippen molar-refractivity contribution in [1.82, 2.24) is 30.0 Å². The van der Waals surface area contributed by atoms with Crippen LogP contribution >= 0.6 is 12.4 Å². The topological polar surface area (TPSA) is 79.2 Å². The Morgan fingerprint density at radius 1 is 1.15 bits per heavy atom. The van der Waals surface area contributed by atoms with E-state index in [-0.39, 0.29) is 23.8 Å². The summed E-state index contributed by atoms with van der Waals surface area (Å²) in [5, 5.41) is 7.66. The maximum atomic E-state index is 13.0. The Morgan fingerprint density at radius 2 is 1.88 bits per heavy atom. The van der Waals surface area contributed by atoms with Gasteiger partial charge in [-0.3, -0.25) is 14.4 Å². The van der Waals surface area contributed by atoms with Crippen molar-refractivity contribution in [3.05, 3.63) is 47.5 Å². The number of fused-ring (bicyclic) bond motifs is 1. The first-order valence-corrected chi connectivity index (χ1v) is 10.3. The summed E-state index contributed by atoms with van der Waals surface area (Å²) < 4.78 is 40.5. The van der Waals surface area contributed by atoms with Crippen LogP contribution in [0.3, 0.4) is 0 Å². The van der Waals surface area contributed by atoms with Gasteiger partial charge >= 0.3 is 6.18 Å². The van der Waals surface area contributed by atoms with Crippen molar-refractivity contribution >= 4 is 35.0 Å². The number of alkyl halides is 3. The number of amides is 1. The van der Waals surface area contributed by atoms with Gasteiger partial charge in [-0.05, 0) is 31.2 Å². The molecule has 178 valence electrons. The highest BCUT2D eigenvalue weighted by Gasteiger charge is 2.32. The largest absolute Gasteiger partial charge is 0.433 e. The van der Waals surface area contributed by atoms with Crippen molar-refractivity contribution in [3.8, 4) is 0 Å². The third kappa shape index (κ3) is 5.53. The lowest BCUT2D eigenvalue weighted by Crippen LogP contribution is -2.48. The second-order valence-corrected chi connectivity index (χ2v) is 7.77. The normalized spacial score (nSPS) is 14.9. The van der Waals surface area contributed by atoms with Gasteiger partial charge < -0.3 is 10.2 Å². The summed E-state index contributed by atoms with van der Waals surface area (Å²) in [6.45, 7) is 5.96. The van der Waals surface area contributed by atoms with Crippen molar-refractivity contribution in [2.45, 2.75) is 13.1 Å². The molecule has 1 aliphatic rings. The fourth-order valence-corrected chi connectivity index (χ4v) is 3.72.